The smallest absolute Gasteiger partial charge is 0.300 e. The summed E-state index contributed by atoms with van der Waals surface area (Å²) >= 11 is 26.8. The third kappa shape index (κ3) is 24.5. The number of rotatable bonds is 24. The fourth-order valence-electron chi connectivity index (χ4n) is 17.4. The number of aliphatic carboxylic acids is 1. The molecule has 20 rings (SSSR count). The molecule has 4 amide bonds. The predicted octanol–water partition coefficient (Wildman–Crippen LogP) is 18.3. The second-order valence-corrected chi connectivity index (χ2v) is 42.3. The molecule has 0 radical (unpaired) electrons. The zero-order valence-corrected chi connectivity index (χ0v) is 87.1. The summed E-state index contributed by atoms with van der Waals surface area (Å²) < 4.78 is 30.8. The number of pyridine rings is 4. The Morgan fingerprint density at radius 1 is 0.347 bits per heavy atom. The molecule has 8 aromatic heterocycles. The van der Waals surface area contributed by atoms with E-state index in [2.05, 4.69) is 21.3 Å². The molecular weight excluding hydrogens is 1980 g/mol. The van der Waals surface area contributed by atoms with Gasteiger partial charge in [-0.1, -0.05) is 242 Å². The van der Waals surface area contributed by atoms with Crippen LogP contribution < -0.4 is 43.5 Å². The van der Waals surface area contributed by atoms with Crippen molar-refractivity contribution >= 4 is 213 Å². The molecule has 8 atom stereocenters. The molecule has 8 aliphatic heterocycles. The average molecular weight is 2090 g/mol. The van der Waals surface area contributed by atoms with Gasteiger partial charge in [0, 0.05) is 82.3 Å². The first-order valence-electron chi connectivity index (χ1n) is 47.4. The van der Waals surface area contributed by atoms with Gasteiger partial charge in [-0.2, -0.15) is 0 Å². The van der Waals surface area contributed by atoms with E-state index in [1.807, 2.05) is 225 Å². The van der Waals surface area contributed by atoms with Gasteiger partial charge in [0.1, 0.15) is 63.1 Å². The number of amides is 4. The summed E-state index contributed by atoms with van der Waals surface area (Å²) in [6.07, 6.45) is 20.9. The highest BCUT2D eigenvalue weighted by Crippen LogP contribution is 2.41. The Balaban J connectivity index is 0.000000136. The molecule has 12 aromatic rings. The lowest BCUT2D eigenvalue weighted by Gasteiger charge is -2.19. The van der Waals surface area contributed by atoms with Crippen molar-refractivity contribution in [1.29, 1.82) is 0 Å². The summed E-state index contributed by atoms with van der Waals surface area (Å²) in [6, 6.07) is 54.3. The molecule has 0 bridgehead atoms. The van der Waals surface area contributed by atoms with Crippen molar-refractivity contribution in [3.63, 3.8) is 0 Å². The normalized spacial score (nSPS) is 19.8. The first-order valence-corrected chi connectivity index (χ1v) is 52.3. The van der Waals surface area contributed by atoms with Crippen LogP contribution in [0.2, 0.25) is 0 Å². The molecule has 8 aliphatic rings. The predicted molar refractivity (Wildman–Crippen MR) is 587 cm³/mol. The third-order valence-electron chi connectivity index (χ3n) is 25.2. The van der Waals surface area contributed by atoms with Crippen LogP contribution in [0.15, 0.2) is 233 Å². The van der Waals surface area contributed by atoms with Gasteiger partial charge in [-0.15, -0.1) is 0 Å². The van der Waals surface area contributed by atoms with Gasteiger partial charge >= 0.3 is 0 Å². The van der Waals surface area contributed by atoms with Gasteiger partial charge in [0.05, 0.1) is 92.5 Å². The van der Waals surface area contributed by atoms with Gasteiger partial charge in [-0.3, -0.25) is 80.4 Å². The zero-order valence-electron chi connectivity index (χ0n) is 80.6. The van der Waals surface area contributed by atoms with E-state index in [-0.39, 0.29) is 94.4 Å². The molecule has 38 heteroatoms. The van der Waals surface area contributed by atoms with Gasteiger partial charge in [0.25, 0.3) is 51.8 Å². The van der Waals surface area contributed by atoms with Gasteiger partial charge in [-0.25, -0.2) is 19.9 Å². The second kappa shape index (κ2) is 47.5. The number of nitrogens with one attached hydrogen (secondary N) is 4. The van der Waals surface area contributed by atoms with Crippen molar-refractivity contribution in [2.45, 2.75) is 162 Å². The van der Waals surface area contributed by atoms with E-state index in [1.165, 1.54) is 64.7 Å². The Bertz CT molecular complexity index is 6500. The number of anilines is 4. The van der Waals surface area contributed by atoms with Crippen LogP contribution in [0.1, 0.15) is 177 Å². The molecule has 8 fully saturated rings. The quantitative estimate of drug-likeness (QED) is 0.0277. The second-order valence-electron chi connectivity index (χ2n) is 35.6. The van der Waals surface area contributed by atoms with Gasteiger partial charge in [0.2, 0.25) is 0 Å². The Morgan fingerprint density at radius 3 is 0.722 bits per heavy atom. The van der Waals surface area contributed by atoms with Crippen molar-refractivity contribution in [3.8, 4) is 0 Å². The van der Waals surface area contributed by atoms with Crippen LogP contribution in [-0.2, 0) is 42.9 Å². The molecule has 0 saturated carbocycles. The number of carbonyl (C=O) groups is 5. The van der Waals surface area contributed by atoms with Crippen LogP contribution >= 0.6 is 95.9 Å². The molecule has 744 valence electrons. The Labute approximate surface area is 870 Å². The number of aromatic nitrogens is 8. The maximum Gasteiger partial charge on any atom is 0.300 e. The zero-order chi connectivity index (χ0) is 102. The van der Waals surface area contributed by atoms with Crippen LogP contribution in [0.25, 0.3) is 46.9 Å². The fourth-order valence-corrected chi connectivity index (χ4v) is 22.5. The maximum atomic E-state index is 13.6. The number of carboxylic acid groups (broad SMARTS) is 1. The van der Waals surface area contributed by atoms with E-state index in [0.717, 1.165) is 103 Å². The molecule has 16 heterocycles. The van der Waals surface area contributed by atoms with E-state index in [1.54, 1.807) is 68.7 Å². The third-order valence-corrected chi connectivity index (χ3v) is 30.7. The average Bonchev–Trinajstić information content (AvgIpc) is 1.65. The first-order chi connectivity index (χ1) is 69.4. The number of aryl methyl sites for hydroxylation is 4. The summed E-state index contributed by atoms with van der Waals surface area (Å²) in [7, 11) is 0. The number of carbonyl (C=O) groups excluding carboxylic acids is 4. The molecule has 8 saturated heterocycles. The Hall–Kier alpha value is -12.6. The molecule has 5 N–H and O–H groups in total. The molecular formula is C106H108N16O14S8. The molecule has 144 heavy (non-hydrogen) atoms. The summed E-state index contributed by atoms with van der Waals surface area (Å²) in [5.74, 6) is 0.0976. The van der Waals surface area contributed by atoms with Crippen LogP contribution in [0, 0.1) is 27.7 Å². The first kappa shape index (κ1) is 104. The molecule has 0 aliphatic carbocycles. The summed E-state index contributed by atoms with van der Waals surface area (Å²) in [5, 5.41) is 21.0. The highest BCUT2D eigenvalue weighted by molar-refractivity contribution is 8.28. The molecule has 8 unspecified atom stereocenters. The van der Waals surface area contributed by atoms with Crippen molar-refractivity contribution in [2.75, 3.05) is 73.9 Å². The lowest BCUT2D eigenvalue weighted by atomic mass is 10.1. The summed E-state index contributed by atoms with van der Waals surface area (Å²) in [4.78, 5) is 144. The van der Waals surface area contributed by atoms with Crippen molar-refractivity contribution < 1.29 is 48.0 Å². The standard InChI is InChI=1S/4C26H26N4O3S2.C2H4O2/c4*1-16-8-6-12-29-23(16)28-22(27-17(2)18-9-4-3-5-10-18)20(24(29)31)14-21-25(32)30(26(34)35-21)15-19-11-7-13-33-19;1-2(3)4/h4*3-6,8-10,12,14,17,19,27H,7,11,13,15H2,1-2H3;1H3,(H,3,4)/b4*21-14-;. The minimum Gasteiger partial charge on any atom is -0.481 e. The Morgan fingerprint density at radius 2 is 0.542 bits per heavy atom. The number of carboxylic acids is 1. The molecule has 0 spiro atoms. The number of hydrogen-bond donors (Lipinski definition) is 5. The van der Waals surface area contributed by atoms with Crippen LogP contribution in [0.5, 0.6) is 0 Å². The largest absolute Gasteiger partial charge is 0.481 e. The van der Waals surface area contributed by atoms with Gasteiger partial charge in [0.15, 0.2) is 0 Å². The number of nitrogens with zero attached hydrogens (tertiary/aromatic N) is 12. The summed E-state index contributed by atoms with van der Waals surface area (Å²) in [6.45, 7) is 21.4. The minimum atomic E-state index is -0.833. The van der Waals surface area contributed by atoms with E-state index >= 15 is 0 Å². The number of fused-ring (bicyclic) bond motifs is 4. The maximum absolute atomic E-state index is 13.6. The summed E-state index contributed by atoms with van der Waals surface area (Å²) in [5.41, 5.74) is 10.4. The lowest BCUT2D eigenvalue weighted by Crippen LogP contribution is -2.35. The number of thioether (sulfide) groups is 4. The van der Waals surface area contributed by atoms with Crippen LogP contribution in [0.4, 0.5) is 23.3 Å². The minimum absolute atomic E-state index is 0.00302. The lowest BCUT2D eigenvalue weighted by molar-refractivity contribution is -0.134. The van der Waals surface area contributed by atoms with E-state index in [0.29, 0.717) is 158 Å². The highest BCUT2D eigenvalue weighted by atomic mass is 32.2. The van der Waals surface area contributed by atoms with Gasteiger partial charge < -0.3 is 45.3 Å². The van der Waals surface area contributed by atoms with Crippen LogP contribution in [-0.4, -0.2) is 186 Å². The Kier molecular flexibility index (Phi) is 34.4. The number of ether oxygens (including phenoxy) is 4. The SMILES string of the molecule is CC(=O)O.Cc1cccn2c(=O)c(/C=C3\SC(=S)N(CC4CCCO4)C3=O)c(NC(C)c3ccccc3)nc12.Cc1cccn2c(=O)c(/C=C3\SC(=S)N(CC4CCCO4)C3=O)c(NC(C)c3ccccc3)nc12.Cc1cccn2c(=O)c(/C=C3\SC(=S)N(CC4CCCO4)C3=O)c(NC(C)c3ccccc3)nc12.Cc1cccn2c(=O)c(/C=C3\SC(=S)N(CC4CCCO4)C3=O)c(NC(C)c3ccccc3)nc12. The van der Waals surface area contributed by atoms with E-state index in [4.69, 9.17) is 97.7 Å². The number of thiocarbonyl (C=S) groups is 4. The van der Waals surface area contributed by atoms with Crippen molar-refractivity contribution in [2.24, 2.45) is 0 Å². The van der Waals surface area contributed by atoms with E-state index < -0.39 is 5.97 Å². The van der Waals surface area contributed by atoms with Crippen molar-refractivity contribution in [1.82, 2.24) is 57.1 Å². The van der Waals surface area contributed by atoms with Crippen LogP contribution in [0.3, 0.4) is 0 Å². The number of benzene rings is 4. The van der Waals surface area contributed by atoms with Crippen molar-refractivity contribution in [3.05, 3.63) is 322 Å². The van der Waals surface area contributed by atoms with Gasteiger partial charge in [-0.05, 0) is 200 Å². The number of hydrogen-bond acceptors (Lipinski definition) is 29. The fraction of sp³-hybridized carbons (Fsp3) is 0.311. The molecule has 30 nitrogen and oxygen atoms in total. The monoisotopic (exact) mass is 2080 g/mol. The molecule has 4 aromatic carbocycles. The highest BCUT2D eigenvalue weighted by Gasteiger charge is 2.41. The topological polar surface area (TPSA) is 341 Å². The van der Waals surface area contributed by atoms with E-state index in [9.17, 15) is 38.4 Å².